The highest BCUT2D eigenvalue weighted by atomic mass is 16.7. The van der Waals surface area contributed by atoms with Crippen LogP contribution in [0.2, 0.25) is 0 Å². The molecule has 0 aliphatic carbocycles. The lowest BCUT2D eigenvalue weighted by Gasteiger charge is -2.09. The average molecular weight is 246 g/mol. The maximum Gasteiger partial charge on any atom is 0.342 e. The molecule has 1 aromatic rings. The Hall–Kier alpha value is -1.38. The second kappa shape index (κ2) is 7.05. The van der Waals surface area contributed by atoms with Gasteiger partial charge in [-0.3, -0.25) is 0 Å². The number of aliphatic hydroxyl groups is 3. The Bertz CT molecular complexity index is 338. The van der Waals surface area contributed by atoms with Crippen LogP contribution in [0.4, 0.5) is 0 Å². The summed E-state index contributed by atoms with van der Waals surface area (Å²) >= 11 is 0. The monoisotopic (exact) mass is 246 g/mol. The van der Waals surface area contributed by atoms with E-state index in [1.165, 1.54) is 19.2 Å². The Balaban J connectivity index is 0.000000366. The van der Waals surface area contributed by atoms with Crippen LogP contribution in [-0.4, -0.2) is 45.2 Å². The molecular weight excluding hydrogens is 228 g/mol. The van der Waals surface area contributed by atoms with E-state index in [2.05, 4.69) is 0 Å². The Morgan fingerprint density at radius 3 is 2.06 bits per heavy atom. The van der Waals surface area contributed by atoms with E-state index in [1.807, 2.05) is 0 Å². The van der Waals surface area contributed by atoms with E-state index in [0.717, 1.165) is 5.56 Å². The minimum atomic E-state index is -2.71. The zero-order valence-electron chi connectivity index (χ0n) is 9.46. The predicted molar refractivity (Wildman–Crippen MR) is 61.0 cm³/mol. The van der Waals surface area contributed by atoms with Crippen molar-refractivity contribution in [1.29, 1.82) is 0 Å². The number of rotatable bonds is 3. The Labute approximate surface area is 98.8 Å². The first kappa shape index (κ1) is 15.6. The third-order valence-electron chi connectivity index (χ3n) is 1.81. The van der Waals surface area contributed by atoms with Gasteiger partial charge in [0.2, 0.25) is 0 Å². The van der Waals surface area contributed by atoms with Gasteiger partial charge < -0.3 is 31.3 Å². The topological polar surface area (TPSA) is 139 Å². The van der Waals surface area contributed by atoms with Crippen molar-refractivity contribution in [3.63, 3.8) is 0 Å². The Kier molecular flexibility index (Phi) is 6.47. The van der Waals surface area contributed by atoms with E-state index >= 15 is 0 Å². The molecule has 0 saturated carbocycles. The SMILES string of the molecule is CNC(O)(O)O.NCCc1ccc(O)c(O)c1. The van der Waals surface area contributed by atoms with Gasteiger partial charge >= 0.3 is 6.10 Å². The molecule has 0 fully saturated rings. The van der Waals surface area contributed by atoms with E-state index in [1.54, 1.807) is 11.4 Å². The molecule has 0 aromatic heterocycles. The average Bonchev–Trinajstić information content (AvgIpc) is 2.24. The van der Waals surface area contributed by atoms with Gasteiger partial charge in [0.1, 0.15) is 0 Å². The molecule has 0 atom stereocenters. The van der Waals surface area contributed by atoms with Crippen LogP contribution in [0.25, 0.3) is 0 Å². The molecule has 0 saturated heterocycles. The van der Waals surface area contributed by atoms with E-state index in [4.69, 9.17) is 31.3 Å². The highest BCUT2D eigenvalue weighted by Gasteiger charge is 2.11. The van der Waals surface area contributed by atoms with Gasteiger partial charge in [0.15, 0.2) is 11.5 Å². The molecule has 7 heteroatoms. The molecule has 8 N–H and O–H groups in total. The highest BCUT2D eigenvalue weighted by molar-refractivity contribution is 5.40. The van der Waals surface area contributed by atoms with Crippen molar-refractivity contribution in [2.45, 2.75) is 12.5 Å². The van der Waals surface area contributed by atoms with Crippen LogP contribution >= 0.6 is 0 Å². The fourth-order valence-corrected chi connectivity index (χ4v) is 0.891. The molecule has 0 aliphatic rings. The van der Waals surface area contributed by atoms with Crippen molar-refractivity contribution >= 4 is 0 Å². The number of nitrogens with one attached hydrogen (secondary N) is 1. The first-order valence-corrected chi connectivity index (χ1v) is 4.87. The van der Waals surface area contributed by atoms with E-state index in [0.29, 0.717) is 13.0 Å². The lowest BCUT2D eigenvalue weighted by molar-refractivity contribution is -0.328. The highest BCUT2D eigenvalue weighted by Crippen LogP contribution is 2.24. The van der Waals surface area contributed by atoms with Crippen LogP contribution in [-0.2, 0) is 6.42 Å². The Morgan fingerprint density at radius 2 is 1.71 bits per heavy atom. The first-order chi connectivity index (χ1) is 7.80. The van der Waals surface area contributed by atoms with Gasteiger partial charge in [0.25, 0.3) is 0 Å². The lowest BCUT2D eigenvalue weighted by atomic mass is 10.1. The van der Waals surface area contributed by atoms with Gasteiger partial charge in [-0.05, 0) is 37.7 Å². The maximum atomic E-state index is 9.04. The quantitative estimate of drug-likeness (QED) is 0.251. The summed E-state index contributed by atoms with van der Waals surface area (Å²) in [5, 5.41) is 43.2. The van der Waals surface area contributed by atoms with Crippen molar-refractivity contribution in [3.8, 4) is 11.5 Å². The molecule has 0 aliphatic heterocycles. The minimum absolute atomic E-state index is 0.0871. The fraction of sp³-hybridized carbons (Fsp3) is 0.400. The van der Waals surface area contributed by atoms with Crippen LogP contribution in [0, 0.1) is 0 Å². The number of phenols is 2. The van der Waals surface area contributed by atoms with Crippen molar-refractivity contribution in [2.75, 3.05) is 13.6 Å². The molecule has 0 spiro atoms. The van der Waals surface area contributed by atoms with Crippen molar-refractivity contribution in [2.24, 2.45) is 5.73 Å². The normalized spacial score (nSPS) is 10.6. The third kappa shape index (κ3) is 7.50. The largest absolute Gasteiger partial charge is 0.504 e. The molecule has 7 nitrogen and oxygen atoms in total. The number of hydrogen-bond acceptors (Lipinski definition) is 7. The number of benzene rings is 1. The van der Waals surface area contributed by atoms with Gasteiger partial charge in [0, 0.05) is 0 Å². The smallest absolute Gasteiger partial charge is 0.342 e. The summed E-state index contributed by atoms with van der Waals surface area (Å²) in [6, 6.07) is 4.71. The van der Waals surface area contributed by atoms with Crippen LogP contribution in [0.1, 0.15) is 5.56 Å². The predicted octanol–water partition coefficient (Wildman–Crippen LogP) is -1.61. The molecule has 0 radical (unpaired) electrons. The number of hydrogen-bond donors (Lipinski definition) is 7. The maximum absolute atomic E-state index is 9.04. The summed E-state index contributed by atoms with van der Waals surface area (Å²) in [4.78, 5) is 0. The second-order valence-electron chi connectivity index (χ2n) is 3.25. The second-order valence-corrected chi connectivity index (χ2v) is 3.25. The molecule has 0 unspecified atom stereocenters. The molecule has 17 heavy (non-hydrogen) atoms. The number of phenolic OH excluding ortho intramolecular Hbond substituents is 2. The molecular formula is C10H18N2O5. The van der Waals surface area contributed by atoms with Crippen molar-refractivity contribution < 1.29 is 25.5 Å². The standard InChI is InChI=1S/C8H11NO2.C2H7NO3/c9-4-3-6-1-2-7(10)8(11)5-6;1-3-2(4,5)6/h1-2,5,10-11H,3-4,9H2;3-6H,1H3. The summed E-state index contributed by atoms with van der Waals surface area (Å²) in [6.45, 7) is 0.546. The van der Waals surface area contributed by atoms with Crippen LogP contribution in [0.15, 0.2) is 18.2 Å². The molecule has 0 heterocycles. The number of aromatic hydroxyl groups is 2. The number of nitrogens with two attached hydrogens (primary N) is 1. The summed E-state index contributed by atoms with van der Waals surface area (Å²) in [5.41, 5.74) is 6.24. The van der Waals surface area contributed by atoms with Crippen molar-refractivity contribution in [3.05, 3.63) is 23.8 Å². The molecule has 0 bridgehead atoms. The minimum Gasteiger partial charge on any atom is -0.504 e. The summed E-state index contributed by atoms with van der Waals surface area (Å²) in [7, 11) is 1.21. The molecule has 0 amide bonds. The Morgan fingerprint density at radius 1 is 1.18 bits per heavy atom. The summed E-state index contributed by atoms with van der Waals surface area (Å²) in [5.74, 6) is -0.179. The third-order valence-corrected chi connectivity index (χ3v) is 1.81. The first-order valence-electron chi connectivity index (χ1n) is 4.87. The molecule has 98 valence electrons. The van der Waals surface area contributed by atoms with Gasteiger partial charge in [0.05, 0.1) is 0 Å². The van der Waals surface area contributed by atoms with Gasteiger partial charge in [-0.1, -0.05) is 6.07 Å². The zero-order valence-corrected chi connectivity index (χ0v) is 9.46. The van der Waals surface area contributed by atoms with Crippen LogP contribution in [0.3, 0.4) is 0 Å². The summed E-state index contributed by atoms with van der Waals surface area (Å²) < 4.78 is 0. The summed E-state index contributed by atoms with van der Waals surface area (Å²) in [6.07, 6.45) is -1.99. The van der Waals surface area contributed by atoms with E-state index < -0.39 is 6.10 Å². The lowest BCUT2D eigenvalue weighted by Crippen LogP contribution is -2.41. The van der Waals surface area contributed by atoms with Gasteiger partial charge in [-0.25, -0.2) is 5.32 Å². The molecule has 1 aromatic carbocycles. The van der Waals surface area contributed by atoms with Gasteiger partial charge in [-0.15, -0.1) is 0 Å². The van der Waals surface area contributed by atoms with Crippen molar-refractivity contribution in [1.82, 2.24) is 5.32 Å². The van der Waals surface area contributed by atoms with E-state index in [9.17, 15) is 0 Å². The zero-order chi connectivity index (χ0) is 13.5. The van der Waals surface area contributed by atoms with E-state index in [-0.39, 0.29) is 11.5 Å². The fourth-order valence-electron chi connectivity index (χ4n) is 0.891. The van der Waals surface area contributed by atoms with Crippen LogP contribution in [0.5, 0.6) is 11.5 Å². The molecule has 1 rings (SSSR count). The van der Waals surface area contributed by atoms with Gasteiger partial charge in [-0.2, -0.15) is 0 Å². The van der Waals surface area contributed by atoms with Crippen LogP contribution < -0.4 is 11.1 Å².